The zero-order valence-corrected chi connectivity index (χ0v) is 9.26. The monoisotopic (exact) mass is 229 g/mol. The Morgan fingerprint density at radius 1 is 1.60 bits per heavy atom. The lowest BCUT2D eigenvalue weighted by Crippen LogP contribution is -2.50. The molecular formula is C10H13ClFN3. The number of nitrogens with zero attached hydrogens (tertiary/aromatic N) is 2. The number of halogens is 2. The van der Waals surface area contributed by atoms with Crippen molar-refractivity contribution in [3.63, 3.8) is 0 Å². The second-order valence-electron chi connectivity index (χ2n) is 3.69. The molecule has 0 bridgehead atoms. The Morgan fingerprint density at radius 3 is 3.07 bits per heavy atom. The molecule has 1 aromatic heterocycles. The van der Waals surface area contributed by atoms with Gasteiger partial charge in [-0.1, -0.05) is 11.6 Å². The quantitative estimate of drug-likeness (QED) is 0.743. The van der Waals surface area contributed by atoms with Crippen molar-refractivity contribution in [3.8, 4) is 0 Å². The van der Waals surface area contributed by atoms with E-state index in [4.69, 9.17) is 11.6 Å². The molecule has 1 aliphatic heterocycles. The van der Waals surface area contributed by atoms with Crippen LogP contribution in [0.3, 0.4) is 0 Å². The molecule has 0 saturated carbocycles. The Morgan fingerprint density at radius 2 is 2.40 bits per heavy atom. The highest BCUT2D eigenvalue weighted by molar-refractivity contribution is 6.30. The molecule has 2 rings (SSSR count). The second kappa shape index (κ2) is 4.33. The van der Waals surface area contributed by atoms with Gasteiger partial charge in [0.2, 0.25) is 5.95 Å². The van der Waals surface area contributed by atoms with E-state index < -0.39 is 5.95 Å². The number of nitrogens with one attached hydrogen (secondary N) is 1. The zero-order valence-electron chi connectivity index (χ0n) is 8.50. The normalized spacial score (nSPS) is 21.8. The van der Waals surface area contributed by atoms with Crippen LogP contribution in [0.1, 0.15) is 6.92 Å². The molecule has 0 spiro atoms. The van der Waals surface area contributed by atoms with E-state index in [2.05, 4.69) is 22.1 Å². The van der Waals surface area contributed by atoms with Gasteiger partial charge in [-0.3, -0.25) is 0 Å². The van der Waals surface area contributed by atoms with Gasteiger partial charge in [-0.25, -0.2) is 4.98 Å². The minimum absolute atomic E-state index is 0.0709. The standard InChI is InChI=1S/C10H13ClFN3/c1-7-6-13-4-5-15(7)9-3-2-8(11)10(12)14-9/h2-3,7,13H,4-6H2,1H3. The van der Waals surface area contributed by atoms with Crippen molar-refractivity contribution in [2.45, 2.75) is 13.0 Å². The molecule has 15 heavy (non-hydrogen) atoms. The molecule has 3 nitrogen and oxygen atoms in total. The molecule has 1 saturated heterocycles. The Balaban J connectivity index is 2.24. The smallest absolute Gasteiger partial charge is 0.233 e. The first-order valence-electron chi connectivity index (χ1n) is 4.98. The van der Waals surface area contributed by atoms with Crippen molar-refractivity contribution in [1.29, 1.82) is 0 Å². The van der Waals surface area contributed by atoms with Gasteiger partial charge in [0.05, 0.1) is 5.02 Å². The first-order valence-corrected chi connectivity index (χ1v) is 5.35. The van der Waals surface area contributed by atoms with Crippen LogP contribution in [0.15, 0.2) is 12.1 Å². The van der Waals surface area contributed by atoms with Crippen molar-refractivity contribution in [2.24, 2.45) is 0 Å². The van der Waals surface area contributed by atoms with E-state index in [0.717, 1.165) is 19.6 Å². The first kappa shape index (κ1) is 10.6. The predicted molar refractivity (Wildman–Crippen MR) is 58.9 cm³/mol. The van der Waals surface area contributed by atoms with Crippen molar-refractivity contribution in [2.75, 3.05) is 24.5 Å². The van der Waals surface area contributed by atoms with Gasteiger partial charge in [-0.2, -0.15) is 4.39 Å². The Labute approximate surface area is 93.2 Å². The van der Waals surface area contributed by atoms with Gasteiger partial charge in [0.1, 0.15) is 5.82 Å². The lowest BCUT2D eigenvalue weighted by molar-refractivity contribution is 0.492. The Bertz CT molecular complexity index is 359. The fraction of sp³-hybridized carbons (Fsp3) is 0.500. The third kappa shape index (κ3) is 2.21. The number of hydrogen-bond donors (Lipinski definition) is 1. The van der Waals surface area contributed by atoms with Gasteiger partial charge in [0.25, 0.3) is 0 Å². The van der Waals surface area contributed by atoms with Gasteiger partial charge >= 0.3 is 0 Å². The van der Waals surface area contributed by atoms with Crippen LogP contribution in [0.5, 0.6) is 0 Å². The van der Waals surface area contributed by atoms with E-state index in [1.54, 1.807) is 12.1 Å². The number of hydrogen-bond acceptors (Lipinski definition) is 3. The second-order valence-corrected chi connectivity index (χ2v) is 4.10. The number of anilines is 1. The topological polar surface area (TPSA) is 28.2 Å². The lowest BCUT2D eigenvalue weighted by atomic mass is 10.2. The van der Waals surface area contributed by atoms with Crippen LogP contribution in [-0.4, -0.2) is 30.7 Å². The Hall–Kier alpha value is -0.870. The molecule has 0 aromatic carbocycles. The molecule has 2 heterocycles. The average molecular weight is 230 g/mol. The average Bonchev–Trinajstić information content (AvgIpc) is 2.23. The minimum Gasteiger partial charge on any atom is -0.351 e. The van der Waals surface area contributed by atoms with Crippen LogP contribution in [-0.2, 0) is 0 Å². The van der Waals surface area contributed by atoms with E-state index >= 15 is 0 Å². The van der Waals surface area contributed by atoms with Crippen molar-refractivity contribution in [3.05, 3.63) is 23.1 Å². The lowest BCUT2D eigenvalue weighted by Gasteiger charge is -2.34. The van der Waals surface area contributed by atoms with Crippen LogP contribution in [0.4, 0.5) is 10.2 Å². The highest BCUT2D eigenvalue weighted by Gasteiger charge is 2.19. The van der Waals surface area contributed by atoms with Gasteiger partial charge in [-0.15, -0.1) is 0 Å². The van der Waals surface area contributed by atoms with Gasteiger partial charge in [0.15, 0.2) is 0 Å². The van der Waals surface area contributed by atoms with E-state index in [0.29, 0.717) is 11.9 Å². The predicted octanol–water partition coefficient (Wildman–Crippen LogP) is 1.67. The number of piperazine rings is 1. The molecule has 1 unspecified atom stereocenters. The van der Waals surface area contributed by atoms with Gasteiger partial charge in [0, 0.05) is 25.7 Å². The Kier molecular flexibility index (Phi) is 3.07. The molecule has 1 aliphatic rings. The van der Waals surface area contributed by atoms with Gasteiger partial charge < -0.3 is 10.2 Å². The summed E-state index contributed by atoms with van der Waals surface area (Å²) >= 11 is 5.59. The molecule has 0 amide bonds. The van der Waals surface area contributed by atoms with E-state index in [1.165, 1.54) is 0 Å². The van der Waals surface area contributed by atoms with E-state index in [1.807, 2.05) is 0 Å². The molecule has 0 radical (unpaired) electrons. The van der Waals surface area contributed by atoms with Gasteiger partial charge in [-0.05, 0) is 19.1 Å². The molecular weight excluding hydrogens is 217 g/mol. The summed E-state index contributed by atoms with van der Waals surface area (Å²) in [7, 11) is 0. The maximum absolute atomic E-state index is 13.2. The largest absolute Gasteiger partial charge is 0.351 e. The molecule has 0 aliphatic carbocycles. The van der Waals surface area contributed by atoms with Crippen molar-refractivity contribution in [1.82, 2.24) is 10.3 Å². The summed E-state index contributed by atoms with van der Waals surface area (Å²) in [6, 6.07) is 3.63. The summed E-state index contributed by atoms with van der Waals surface area (Å²) in [6.45, 7) is 4.72. The minimum atomic E-state index is -0.597. The fourth-order valence-corrected chi connectivity index (χ4v) is 1.85. The van der Waals surface area contributed by atoms with Crippen molar-refractivity contribution >= 4 is 17.4 Å². The number of aromatic nitrogens is 1. The zero-order chi connectivity index (χ0) is 10.8. The third-order valence-corrected chi connectivity index (χ3v) is 2.87. The van der Waals surface area contributed by atoms with Crippen LogP contribution in [0.25, 0.3) is 0 Å². The summed E-state index contributed by atoms with van der Waals surface area (Å²) in [4.78, 5) is 5.93. The number of pyridine rings is 1. The van der Waals surface area contributed by atoms with Crippen LogP contribution < -0.4 is 10.2 Å². The van der Waals surface area contributed by atoms with Crippen LogP contribution >= 0.6 is 11.6 Å². The fourth-order valence-electron chi connectivity index (χ4n) is 1.75. The van der Waals surface area contributed by atoms with E-state index in [-0.39, 0.29) is 5.02 Å². The number of rotatable bonds is 1. The molecule has 1 N–H and O–H groups in total. The van der Waals surface area contributed by atoms with Crippen LogP contribution in [0, 0.1) is 5.95 Å². The van der Waals surface area contributed by atoms with Crippen LogP contribution in [0.2, 0.25) is 5.02 Å². The summed E-state index contributed by atoms with van der Waals surface area (Å²) in [6.07, 6.45) is 0. The first-order chi connectivity index (χ1) is 7.18. The molecule has 1 atom stereocenters. The van der Waals surface area contributed by atoms with Crippen molar-refractivity contribution < 1.29 is 4.39 Å². The maximum atomic E-state index is 13.2. The SMILES string of the molecule is CC1CNCCN1c1ccc(Cl)c(F)n1. The maximum Gasteiger partial charge on any atom is 0.233 e. The van der Waals surface area contributed by atoms with E-state index in [9.17, 15) is 4.39 Å². The summed E-state index contributed by atoms with van der Waals surface area (Å²) < 4.78 is 13.2. The third-order valence-electron chi connectivity index (χ3n) is 2.58. The molecule has 5 heteroatoms. The highest BCUT2D eigenvalue weighted by Crippen LogP contribution is 2.20. The highest BCUT2D eigenvalue weighted by atomic mass is 35.5. The summed E-state index contributed by atoms with van der Waals surface area (Å²) in [5.41, 5.74) is 0. The molecule has 1 aromatic rings. The molecule has 82 valence electrons. The summed E-state index contributed by atoms with van der Waals surface area (Å²) in [5, 5.41) is 3.34. The molecule has 1 fully saturated rings. The summed E-state index contributed by atoms with van der Waals surface area (Å²) in [5.74, 6) is 0.0609.